The maximum absolute atomic E-state index is 12.3. The lowest BCUT2D eigenvalue weighted by Gasteiger charge is -2.30. The Kier molecular flexibility index (Phi) is 7.51. The molecule has 2 N–H and O–H groups in total. The number of carbonyl (C=O) groups excluding carboxylic acids is 3. The quantitative estimate of drug-likeness (QED) is 0.747. The lowest BCUT2D eigenvalue weighted by molar-refractivity contribution is -0.147. The highest BCUT2D eigenvalue weighted by Crippen LogP contribution is 2.27. The van der Waals surface area contributed by atoms with Gasteiger partial charge in [-0.05, 0) is 46.5 Å². The van der Waals surface area contributed by atoms with Crippen LogP contribution in [0.1, 0.15) is 59.8 Å². The second kappa shape index (κ2) is 8.89. The van der Waals surface area contributed by atoms with Gasteiger partial charge in [-0.3, -0.25) is 4.79 Å². The Morgan fingerprint density at radius 3 is 2.12 bits per heavy atom. The Morgan fingerprint density at radius 1 is 1.04 bits per heavy atom. The zero-order chi connectivity index (χ0) is 18.3. The van der Waals surface area contributed by atoms with Crippen LogP contribution < -0.4 is 10.6 Å². The van der Waals surface area contributed by atoms with Crippen molar-refractivity contribution in [3.05, 3.63) is 0 Å². The molecule has 0 spiro atoms. The summed E-state index contributed by atoms with van der Waals surface area (Å²) in [5, 5.41) is 5.20. The molecule has 1 aliphatic carbocycles. The van der Waals surface area contributed by atoms with Gasteiger partial charge in [-0.2, -0.15) is 0 Å². The standard InChI is InChI=1S/C17H30N2O5/c1-11(18-16(22)24-17(2,3)4)14(20)19-13(15(21)23-5)12-9-7-6-8-10-12/h11-13H,6-10H2,1-5H3,(H,18,22)(H,19,20)/t11-,13-/m0/s1. The van der Waals surface area contributed by atoms with Crippen LogP contribution in [0.5, 0.6) is 0 Å². The maximum atomic E-state index is 12.3. The maximum Gasteiger partial charge on any atom is 0.408 e. The van der Waals surface area contributed by atoms with E-state index in [9.17, 15) is 14.4 Å². The number of esters is 1. The van der Waals surface area contributed by atoms with Crippen LogP contribution in [-0.4, -0.2) is 42.8 Å². The van der Waals surface area contributed by atoms with Crippen molar-refractivity contribution in [1.82, 2.24) is 10.6 Å². The molecule has 7 nitrogen and oxygen atoms in total. The molecule has 1 saturated carbocycles. The van der Waals surface area contributed by atoms with Gasteiger partial charge in [0, 0.05) is 0 Å². The fourth-order valence-electron chi connectivity index (χ4n) is 2.79. The molecule has 0 aromatic heterocycles. The van der Waals surface area contributed by atoms with E-state index in [0.29, 0.717) is 0 Å². The summed E-state index contributed by atoms with van der Waals surface area (Å²) in [6, 6.07) is -1.48. The van der Waals surface area contributed by atoms with E-state index in [-0.39, 0.29) is 5.92 Å². The Bertz CT molecular complexity index is 452. The van der Waals surface area contributed by atoms with Crippen LogP contribution in [0, 0.1) is 5.92 Å². The van der Waals surface area contributed by atoms with Crippen molar-refractivity contribution in [2.24, 2.45) is 5.92 Å². The molecule has 1 rings (SSSR count). The molecule has 2 amide bonds. The second-order valence-corrected chi connectivity index (χ2v) is 7.28. The molecule has 0 radical (unpaired) electrons. The number of hydrogen-bond donors (Lipinski definition) is 2. The van der Waals surface area contributed by atoms with E-state index in [1.54, 1.807) is 27.7 Å². The first kappa shape index (κ1) is 20.3. The largest absolute Gasteiger partial charge is 0.467 e. The van der Waals surface area contributed by atoms with Crippen LogP contribution in [0.25, 0.3) is 0 Å². The summed E-state index contributed by atoms with van der Waals surface area (Å²) in [4.78, 5) is 36.1. The van der Waals surface area contributed by atoms with Crippen molar-refractivity contribution in [2.75, 3.05) is 7.11 Å². The number of alkyl carbamates (subject to hydrolysis) is 1. The SMILES string of the molecule is COC(=O)[C@@H](NC(=O)[C@H](C)NC(=O)OC(C)(C)C)C1CCCCC1. The number of amides is 2. The van der Waals surface area contributed by atoms with Gasteiger partial charge in [-0.25, -0.2) is 9.59 Å². The minimum Gasteiger partial charge on any atom is -0.467 e. The first-order valence-electron chi connectivity index (χ1n) is 8.51. The average molecular weight is 342 g/mol. The number of methoxy groups -OCH3 is 1. The molecule has 0 aliphatic heterocycles. The van der Waals surface area contributed by atoms with E-state index in [1.165, 1.54) is 7.11 Å². The van der Waals surface area contributed by atoms with Crippen molar-refractivity contribution >= 4 is 18.0 Å². The van der Waals surface area contributed by atoms with Gasteiger partial charge in [0.2, 0.25) is 5.91 Å². The van der Waals surface area contributed by atoms with Crippen LogP contribution in [0.3, 0.4) is 0 Å². The smallest absolute Gasteiger partial charge is 0.408 e. The summed E-state index contributed by atoms with van der Waals surface area (Å²) in [7, 11) is 1.31. The molecular weight excluding hydrogens is 312 g/mol. The molecule has 2 atom stereocenters. The van der Waals surface area contributed by atoms with Crippen molar-refractivity contribution < 1.29 is 23.9 Å². The highest BCUT2D eigenvalue weighted by molar-refractivity contribution is 5.89. The van der Waals surface area contributed by atoms with E-state index in [1.807, 2.05) is 0 Å². The number of carbonyl (C=O) groups is 3. The third kappa shape index (κ3) is 6.76. The van der Waals surface area contributed by atoms with E-state index in [0.717, 1.165) is 32.1 Å². The number of hydrogen-bond acceptors (Lipinski definition) is 5. The molecule has 0 unspecified atom stereocenters. The highest BCUT2D eigenvalue weighted by atomic mass is 16.6. The van der Waals surface area contributed by atoms with Gasteiger partial charge in [-0.1, -0.05) is 19.3 Å². The van der Waals surface area contributed by atoms with Gasteiger partial charge >= 0.3 is 12.1 Å². The van der Waals surface area contributed by atoms with E-state index >= 15 is 0 Å². The van der Waals surface area contributed by atoms with Crippen LogP contribution >= 0.6 is 0 Å². The predicted molar refractivity (Wildman–Crippen MR) is 89.4 cm³/mol. The van der Waals surface area contributed by atoms with Crippen molar-refractivity contribution in [2.45, 2.75) is 77.5 Å². The molecule has 7 heteroatoms. The fourth-order valence-corrected chi connectivity index (χ4v) is 2.79. The average Bonchev–Trinajstić information content (AvgIpc) is 2.50. The zero-order valence-electron chi connectivity index (χ0n) is 15.3. The minimum atomic E-state index is -0.810. The summed E-state index contributed by atoms with van der Waals surface area (Å²) < 4.78 is 9.95. The number of nitrogens with one attached hydrogen (secondary N) is 2. The summed E-state index contributed by atoms with van der Waals surface area (Å²) >= 11 is 0. The molecule has 0 aromatic carbocycles. The molecule has 138 valence electrons. The van der Waals surface area contributed by atoms with Gasteiger partial charge in [0.1, 0.15) is 17.7 Å². The fraction of sp³-hybridized carbons (Fsp3) is 0.824. The summed E-state index contributed by atoms with van der Waals surface area (Å²) in [6.45, 7) is 6.78. The third-order valence-electron chi connectivity index (χ3n) is 4.00. The zero-order valence-corrected chi connectivity index (χ0v) is 15.3. The Labute approximate surface area is 143 Å². The van der Waals surface area contributed by atoms with Crippen molar-refractivity contribution in [1.29, 1.82) is 0 Å². The summed E-state index contributed by atoms with van der Waals surface area (Å²) in [5.41, 5.74) is -0.642. The highest BCUT2D eigenvalue weighted by Gasteiger charge is 2.33. The van der Waals surface area contributed by atoms with Crippen LogP contribution in [0.15, 0.2) is 0 Å². The van der Waals surface area contributed by atoms with Gasteiger partial charge in [0.15, 0.2) is 0 Å². The van der Waals surface area contributed by atoms with Crippen LogP contribution in [-0.2, 0) is 19.1 Å². The Hall–Kier alpha value is -1.79. The van der Waals surface area contributed by atoms with Gasteiger partial charge < -0.3 is 20.1 Å². The van der Waals surface area contributed by atoms with Crippen molar-refractivity contribution in [3.8, 4) is 0 Å². The van der Waals surface area contributed by atoms with Crippen LogP contribution in [0.2, 0.25) is 0 Å². The number of rotatable bonds is 5. The molecular formula is C17H30N2O5. The molecule has 24 heavy (non-hydrogen) atoms. The Balaban J connectivity index is 2.63. The molecule has 1 aliphatic rings. The summed E-state index contributed by atoms with van der Waals surface area (Å²) in [6.07, 6.45) is 4.33. The van der Waals surface area contributed by atoms with Crippen LogP contribution in [0.4, 0.5) is 4.79 Å². The van der Waals surface area contributed by atoms with E-state index in [4.69, 9.17) is 9.47 Å². The molecule has 0 bridgehead atoms. The minimum absolute atomic E-state index is 0.0730. The topological polar surface area (TPSA) is 93.7 Å². The second-order valence-electron chi connectivity index (χ2n) is 7.28. The van der Waals surface area contributed by atoms with Gasteiger partial charge in [0.05, 0.1) is 7.11 Å². The van der Waals surface area contributed by atoms with Gasteiger partial charge in [-0.15, -0.1) is 0 Å². The molecule has 0 heterocycles. The first-order chi connectivity index (χ1) is 11.1. The first-order valence-corrected chi connectivity index (χ1v) is 8.51. The third-order valence-corrected chi connectivity index (χ3v) is 4.00. The normalized spacial score (nSPS) is 18.2. The lowest BCUT2D eigenvalue weighted by Crippen LogP contribution is -2.53. The number of ether oxygens (including phenoxy) is 2. The van der Waals surface area contributed by atoms with Crippen molar-refractivity contribution in [3.63, 3.8) is 0 Å². The monoisotopic (exact) mass is 342 g/mol. The predicted octanol–water partition coefficient (Wildman–Crippen LogP) is 2.14. The van der Waals surface area contributed by atoms with Gasteiger partial charge in [0.25, 0.3) is 0 Å². The molecule has 1 fully saturated rings. The Morgan fingerprint density at radius 2 is 1.62 bits per heavy atom. The lowest BCUT2D eigenvalue weighted by atomic mass is 9.83. The molecule has 0 aromatic rings. The van der Waals surface area contributed by atoms with E-state index in [2.05, 4.69) is 10.6 Å². The summed E-state index contributed by atoms with van der Waals surface area (Å²) in [5.74, 6) is -0.801. The molecule has 0 saturated heterocycles. The van der Waals surface area contributed by atoms with E-state index < -0.39 is 35.7 Å².